The van der Waals surface area contributed by atoms with E-state index >= 15 is 0 Å². The van der Waals surface area contributed by atoms with Gasteiger partial charge in [-0.05, 0) is 42.0 Å². The molecule has 0 saturated carbocycles. The fraction of sp³-hybridized carbons (Fsp3) is 0.115. The molecule has 5 rings (SSSR count). The van der Waals surface area contributed by atoms with Crippen molar-refractivity contribution >= 4 is 40.1 Å². The summed E-state index contributed by atoms with van der Waals surface area (Å²) >= 11 is 12.1. The van der Waals surface area contributed by atoms with Crippen molar-refractivity contribution in [2.45, 2.75) is 19.4 Å². The lowest BCUT2D eigenvalue weighted by Gasteiger charge is -2.07. The number of nitrogens with zero attached hydrogens (tertiary/aromatic N) is 3. The first-order valence-corrected chi connectivity index (χ1v) is 11.6. The Labute approximate surface area is 210 Å². The van der Waals surface area contributed by atoms with Crippen LogP contribution in [0.5, 0.6) is 0 Å². The fourth-order valence-corrected chi connectivity index (χ4v) is 4.09. The van der Waals surface area contributed by atoms with E-state index in [1.165, 1.54) is 12.1 Å². The van der Waals surface area contributed by atoms with Crippen LogP contribution in [0, 0.1) is 5.82 Å². The van der Waals surface area contributed by atoms with Gasteiger partial charge in [-0.15, -0.1) is 0 Å². The van der Waals surface area contributed by atoms with E-state index in [0.29, 0.717) is 34.5 Å². The molecule has 35 heavy (non-hydrogen) atoms. The Bertz CT molecular complexity index is 1510. The Balaban J connectivity index is 1.38. The number of carbonyl (C=O) groups is 1. The van der Waals surface area contributed by atoms with Crippen LogP contribution in [0.15, 0.2) is 77.5 Å². The van der Waals surface area contributed by atoms with Gasteiger partial charge in [0.05, 0.1) is 11.0 Å². The Morgan fingerprint density at radius 2 is 1.86 bits per heavy atom. The molecule has 5 aromatic rings. The van der Waals surface area contributed by atoms with Crippen molar-refractivity contribution in [3.63, 3.8) is 0 Å². The average Bonchev–Trinajstić information content (AvgIpc) is 3.47. The van der Waals surface area contributed by atoms with Gasteiger partial charge >= 0.3 is 6.01 Å². The second kappa shape index (κ2) is 9.90. The molecule has 1 amide bonds. The van der Waals surface area contributed by atoms with Crippen molar-refractivity contribution in [1.82, 2.24) is 19.9 Å². The van der Waals surface area contributed by atoms with Gasteiger partial charge in [-0.1, -0.05) is 53.5 Å². The Kier molecular flexibility index (Phi) is 6.53. The van der Waals surface area contributed by atoms with E-state index in [1.54, 1.807) is 29.1 Å². The average molecular weight is 509 g/mol. The van der Waals surface area contributed by atoms with Crippen LogP contribution in [0.1, 0.15) is 17.7 Å². The molecule has 0 bridgehead atoms. The van der Waals surface area contributed by atoms with Gasteiger partial charge in [-0.3, -0.25) is 9.36 Å². The van der Waals surface area contributed by atoms with Crippen molar-refractivity contribution in [2.75, 3.05) is 0 Å². The smallest absolute Gasteiger partial charge is 0.308 e. The first-order valence-electron chi connectivity index (χ1n) is 10.9. The molecule has 6 nitrogen and oxygen atoms in total. The number of oxazole rings is 1. The number of amides is 1. The van der Waals surface area contributed by atoms with Crippen LogP contribution in [-0.4, -0.2) is 20.4 Å². The zero-order chi connectivity index (χ0) is 24.4. The molecule has 1 N–H and O–H groups in total. The maximum atomic E-state index is 13.2. The van der Waals surface area contributed by atoms with Crippen molar-refractivity contribution in [1.29, 1.82) is 0 Å². The Morgan fingerprint density at radius 3 is 2.66 bits per heavy atom. The van der Waals surface area contributed by atoms with Crippen LogP contribution in [0.4, 0.5) is 4.39 Å². The molecule has 0 radical (unpaired) electrons. The highest BCUT2D eigenvalue weighted by atomic mass is 35.5. The van der Waals surface area contributed by atoms with Crippen molar-refractivity contribution in [3.8, 4) is 17.3 Å². The number of carbonyl (C=O) groups excluding carboxylic acids is 1. The summed E-state index contributed by atoms with van der Waals surface area (Å²) in [4.78, 5) is 21.7. The third-order valence-corrected chi connectivity index (χ3v) is 6.14. The number of benzene rings is 3. The van der Waals surface area contributed by atoms with Gasteiger partial charge in [-0.2, -0.15) is 4.98 Å². The number of para-hydroxylation sites is 2. The molecule has 0 aliphatic heterocycles. The third-order valence-electron chi connectivity index (χ3n) is 5.53. The van der Waals surface area contributed by atoms with E-state index < -0.39 is 5.82 Å². The van der Waals surface area contributed by atoms with Crippen LogP contribution in [-0.2, 0) is 17.8 Å². The second-order valence-corrected chi connectivity index (χ2v) is 8.73. The molecule has 2 heterocycles. The number of rotatable bonds is 7. The SMILES string of the molecule is O=C(CCc1oc(-n2cnc3ccccc32)nc1-c1ccc(Cl)cc1)NCc1ccc(F)cc1Cl. The normalized spacial score (nSPS) is 11.2. The number of nitrogens with one attached hydrogen (secondary N) is 1. The molecule has 3 aromatic carbocycles. The number of aromatic nitrogens is 3. The van der Waals surface area contributed by atoms with Gasteiger partial charge in [0.25, 0.3) is 0 Å². The van der Waals surface area contributed by atoms with Crippen LogP contribution in [0.2, 0.25) is 10.0 Å². The Hall–Kier alpha value is -3.68. The minimum Gasteiger partial charge on any atom is -0.427 e. The standard InChI is InChI=1S/C26H19Cl2FN4O2/c27-18-8-5-16(6-9-18)25-23(11-12-24(34)30-14-17-7-10-19(29)13-20(17)28)35-26(32-25)33-15-31-21-3-1-2-4-22(21)33/h1-10,13,15H,11-12,14H2,(H,30,34). The molecule has 176 valence electrons. The van der Waals surface area contributed by atoms with E-state index in [4.69, 9.17) is 32.6 Å². The van der Waals surface area contributed by atoms with Gasteiger partial charge in [0.2, 0.25) is 5.91 Å². The van der Waals surface area contributed by atoms with Crippen LogP contribution >= 0.6 is 23.2 Å². The fourth-order valence-electron chi connectivity index (χ4n) is 3.73. The van der Waals surface area contributed by atoms with E-state index in [0.717, 1.165) is 16.6 Å². The largest absolute Gasteiger partial charge is 0.427 e. The van der Waals surface area contributed by atoms with Gasteiger partial charge in [-0.25, -0.2) is 9.37 Å². The highest BCUT2D eigenvalue weighted by Gasteiger charge is 2.19. The molecule has 0 atom stereocenters. The Morgan fingerprint density at radius 1 is 1.06 bits per heavy atom. The molecular formula is C26H19Cl2FN4O2. The summed E-state index contributed by atoms with van der Waals surface area (Å²) < 4.78 is 21.1. The molecule has 0 spiro atoms. The summed E-state index contributed by atoms with van der Waals surface area (Å²) in [6.45, 7) is 0.199. The zero-order valence-corrected chi connectivity index (χ0v) is 19.9. The molecule has 0 fully saturated rings. The quantitative estimate of drug-likeness (QED) is 0.277. The summed E-state index contributed by atoms with van der Waals surface area (Å²) in [7, 11) is 0. The van der Waals surface area contributed by atoms with Gasteiger partial charge in [0, 0.05) is 35.0 Å². The van der Waals surface area contributed by atoms with Gasteiger partial charge in [0.15, 0.2) is 0 Å². The van der Waals surface area contributed by atoms with Crippen molar-refractivity contribution in [3.05, 3.63) is 100 Å². The lowest BCUT2D eigenvalue weighted by molar-refractivity contribution is -0.121. The number of hydrogen-bond acceptors (Lipinski definition) is 4. The van der Waals surface area contributed by atoms with Crippen LogP contribution in [0.25, 0.3) is 28.3 Å². The van der Waals surface area contributed by atoms with E-state index in [1.807, 2.05) is 36.4 Å². The van der Waals surface area contributed by atoms with E-state index in [9.17, 15) is 9.18 Å². The van der Waals surface area contributed by atoms with Gasteiger partial charge < -0.3 is 9.73 Å². The molecule has 2 aromatic heterocycles. The number of imidazole rings is 1. The first kappa shape index (κ1) is 23.1. The number of aryl methyl sites for hydroxylation is 1. The third kappa shape index (κ3) is 5.06. The van der Waals surface area contributed by atoms with E-state index in [-0.39, 0.29) is 23.9 Å². The predicted molar refractivity (Wildman–Crippen MR) is 133 cm³/mol. The number of fused-ring (bicyclic) bond motifs is 1. The van der Waals surface area contributed by atoms with Crippen LogP contribution < -0.4 is 5.32 Å². The van der Waals surface area contributed by atoms with Gasteiger partial charge in [0.1, 0.15) is 23.6 Å². The predicted octanol–water partition coefficient (Wildman–Crippen LogP) is 6.38. The number of hydrogen-bond donors (Lipinski definition) is 1. The summed E-state index contributed by atoms with van der Waals surface area (Å²) in [5.74, 6) is -0.0554. The minimum atomic E-state index is -0.424. The number of halogens is 3. The lowest BCUT2D eigenvalue weighted by Crippen LogP contribution is -2.23. The topological polar surface area (TPSA) is 73.0 Å². The first-order chi connectivity index (χ1) is 17.0. The second-order valence-electron chi connectivity index (χ2n) is 7.89. The maximum Gasteiger partial charge on any atom is 0.308 e. The van der Waals surface area contributed by atoms with E-state index in [2.05, 4.69) is 10.3 Å². The molecule has 9 heteroatoms. The van der Waals surface area contributed by atoms with Crippen molar-refractivity contribution < 1.29 is 13.6 Å². The summed E-state index contributed by atoms with van der Waals surface area (Å²) in [5, 5.41) is 3.69. The summed E-state index contributed by atoms with van der Waals surface area (Å²) in [6.07, 6.45) is 2.14. The summed E-state index contributed by atoms with van der Waals surface area (Å²) in [5.41, 5.74) is 3.76. The molecule has 0 unspecified atom stereocenters. The minimum absolute atomic E-state index is 0.165. The highest BCUT2D eigenvalue weighted by Crippen LogP contribution is 2.29. The molecule has 0 saturated heterocycles. The summed E-state index contributed by atoms with van der Waals surface area (Å²) in [6, 6.07) is 19.4. The lowest BCUT2D eigenvalue weighted by atomic mass is 10.1. The molecule has 0 aliphatic rings. The molecule has 0 aliphatic carbocycles. The highest BCUT2D eigenvalue weighted by molar-refractivity contribution is 6.31. The zero-order valence-electron chi connectivity index (χ0n) is 18.3. The monoisotopic (exact) mass is 508 g/mol. The molecular weight excluding hydrogens is 490 g/mol. The van der Waals surface area contributed by atoms with Crippen LogP contribution in [0.3, 0.4) is 0 Å². The van der Waals surface area contributed by atoms with Crippen molar-refractivity contribution in [2.24, 2.45) is 0 Å². The maximum absolute atomic E-state index is 13.2.